The van der Waals surface area contributed by atoms with Gasteiger partial charge in [0.15, 0.2) is 0 Å². The highest BCUT2D eigenvalue weighted by Crippen LogP contribution is 2.33. The van der Waals surface area contributed by atoms with E-state index in [1.165, 1.54) is 12.8 Å². The number of aliphatic hydroxyl groups is 1. The zero-order valence-electron chi connectivity index (χ0n) is 14.6. The summed E-state index contributed by atoms with van der Waals surface area (Å²) in [5.41, 5.74) is -0.0234. The van der Waals surface area contributed by atoms with Gasteiger partial charge in [0, 0.05) is 35.0 Å². The molecule has 1 amide bonds. The van der Waals surface area contributed by atoms with E-state index in [4.69, 9.17) is 11.6 Å². The first kappa shape index (κ1) is 19.0. The van der Waals surface area contributed by atoms with Crippen molar-refractivity contribution in [3.05, 3.63) is 29.3 Å². The maximum Gasteiger partial charge on any atom is 0.232 e. The number of carbonyl (C=O) groups is 1. The smallest absolute Gasteiger partial charge is 0.232 e. The SMILES string of the molecule is O=C(CSc1ccc(Cl)cc1)N1CCC(CO)(CN2CCCC2)CC1. The summed E-state index contributed by atoms with van der Waals surface area (Å²) in [6.45, 7) is 5.03. The van der Waals surface area contributed by atoms with Crippen molar-refractivity contribution in [2.75, 3.05) is 45.1 Å². The zero-order valence-corrected chi connectivity index (χ0v) is 16.2. The minimum atomic E-state index is -0.0234. The molecular formula is C19H27ClN2O2S. The van der Waals surface area contributed by atoms with Crippen molar-refractivity contribution in [2.24, 2.45) is 5.41 Å². The number of nitrogens with zero attached hydrogens (tertiary/aromatic N) is 2. The topological polar surface area (TPSA) is 43.8 Å². The first-order valence-corrected chi connectivity index (χ1v) is 10.5. The molecule has 0 aliphatic carbocycles. The van der Waals surface area contributed by atoms with Crippen molar-refractivity contribution >= 4 is 29.3 Å². The number of piperidine rings is 1. The number of halogens is 1. The van der Waals surface area contributed by atoms with Crippen molar-refractivity contribution in [3.63, 3.8) is 0 Å². The molecule has 25 heavy (non-hydrogen) atoms. The third-order valence-corrected chi connectivity index (χ3v) is 6.69. The monoisotopic (exact) mass is 382 g/mol. The normalized spacial score (nSPS) is 20.8. The lowest BCUT2D eigenvalue weighted by molar-refractivity contribution is -0.131. The maximum atomic E-state index is 12.5. The van der Waals surface area contributed by atoms with E-state index in [0.717, 1.165) is 50.5 Å². The van der Waals surface area contributed by atoms with Crippen LogP contribution in [-0.4, -0.2) is 65.9 Å². The molecule has 2 heterocycles. The Labute approximate surface area is 159 Å². The molecule has 1 aromatic carbocycles. The summed E-state index contributed by atoms with van der Waals surface area (Å²) in [6, 6.07) is 7.60. The van der Waals surface area contributed by atoms with Gasteiger partial charge < -0.3 is 14.9 Å². The highest BCUT2D eigenvalue weighted by atomic mass is 35.5. The third kappa shape index (κ3) is 5.13. The number of thioether (sulfide) groups is 1. The fraction of sp³-hybridized carbons (Fsp3) is 0.632. The van der Waals surface area contributed by atoms with Crippen molar-refractivity contribution in [2.45, 2.75) is 30.6 Å². The molecule has 138 valence electrons. The minimum absolute atomic E-state index is 0.0234. The Hall–Kier alpha value is -0.750. The second-order valence-corrected chi connectivity index (χ2v) is 8.75. The molecule has 2 aliphatic rings. The Morgan fingerprint density at radius 2 is 1.76 bits per heavy atom. The number of carbonyl (C=O) groups excluding carboxylic acids is 1. The molecule has 6 heteroatoms. The average Bonchev–Trinajstić information content (AvgIpc) is 3.14. The molecule has 2 fully saturated rings. The van der Waals surface area contributed by atoms with Gasteiger partial charge in [0.25, 0.3) is 0 Å². The summed E-state index contributed by atoms with van der Waals surface area (Å²) in [4.78, 5) is 18.0. The lowest BCUT2D eigenvalue weighted by Gasteiger charge is -2.42. The first-order valence-electron chi connectivity index (χ1n) is 9.10. The molecule has 3 rings (SSSR count). The van der Waals surface area contributed by atoms with Crippen LogP contribution >= 0.6 is 23.4 Å². The van der Waals surface area contributed by atoms with Crippen LogP contribution in [0.1, 0.15) is 25.7 Å². The summed E-state index contributed by atoms with van der Waals surface area (Å²) in [5, 5.41) is 10.7. The molecular weight excluding hydrogens is 356 g/mol. The second kappa shape index (κ2) is 8.76. The Morgan fingerprint density at radius 1 is 1.12 bits per heavy atom. The summed E-state index contributed by atoms with van der Waals surface area (Å²) in [7, 11) is 0. The van der Waals surface area contributed by atoms with Gasteiger partial charge in [-0.15, -0.1) is 11.8 Å². The van der Waals surface area contributed by atoms with Crippen molar-refractivity contribution in [3.8, 4) is 0 Å². The van der Waals surface area contributed by atoms with Gasteiger partial charge >= 0.3 is 0 Å². The van der Waals surface area contributed by atoms with Gasteiger partial charge in [-0.2, -0.15) is 0 Å². The van der Waals surface area contributed by atoms with Gasteiger partial charge in [-0.3, -0.25) is 4.79 Å². The minimum Gasteiger partial charge on any atom is -0.396 e. The molecule has 0 unspecified atom stereocenters. The van der Waals surface area contributed by atoms with Crippen LogP contribution in [0.2, 0.25) is 5.02 Å². The number of amides is 1. The molecule has 0 spiro atoms. The van der Waals surface area contributed by atoms with Crippen LogP contribution < -0.4 is 0 Å². The highest BCUT2D eigenvalue weighted by molar-refractivity contribution is 8.00. The van der Waals surface area contributed by atoms with E-state index >= 15 is 0 Å². The summed E-state index contributed by atoms with van der Waals surface area (Å²) in [6.07, 6.45) is 4.34. The molecule has 1 N–H and O–H groups in total. The summed E-state index contributed by atoms with van der Waals surface area (Å²) < 4.78 is 0. The standard InChI is InChI=1S/C19H27ClN2O2S/c20-16-3-5-17(6-4-16)25-13-18(24)22-11-7-19(15-23,8-12-22)14-21-9-1-2-10-21/h3-6,23H,1-2,7-15H2. The molecule has 0 atom stereocenters. The highest BCUT2D eigenvalue weighted by Gasteiger charge is 2.37. The maximum absolute atomic E-state index is 12.5. The number of likely N-dealkylation sites (tertiary alicyclic amines) is 2. The van der Waals surface area contributed by atoms with Gasteiger partial charge in [-0.1, -0.05) is 11.6 Å². The lowest BCUT2D eigenvalue weighted by atomic mass is 9.78. The van der Waals surface area contributed by atoms with E-state index in [1.807, 2.05) is 29.2 Å². The predicted octanol–water partition coefficient (Wildman–Crippen LogP) is 3.13. The van der Waals surface area contributed by atoms with E-state index < -0.39 is 0 Å². The van der Waals surface area contributed by atoms with Crippen LogP contribution in [0.5, 0.6) is 0 Å². The third-order valence-electron chi connectivity index (χ3n) is 5.45. The van der Waals surface area contributed by atoms with Crippen LogP contribution in [0.3, 0.4) is 0 Å². The number of rotatable bonds is 6. The molecule has 0 saturated carbocycles. The Morgan fingerprint density at radius 3 is 2.36 bits per heavy atom. The van der Waals surface area contributed by atoms with Gasteiger partial charge in [-0.05, 0) is 63.0 Å². The number of aliphatic hydroxyl groups excluding tert-OH is 1. The zero-order chi connectivity index (χ0) is 17.7. The van der Waals surface area contributed by atoms with Gasteiger partial charge in [-0.25, -0.2) is 0 Å². The van der Waals surface area contributed by atoms with E-state index in [0.29, 0.717) is 10.8 Å². The summed E-state index contributed by atoms with van der Waals surface area (Å²) >= 11 is 7.44. The molecule has 2 aliphatic heterocycles. The van der Waals surface area contributed by atoms with Crippen LogP contribution in [-0.2, 0) is 4.79 Å². The van der Waals surface area contributed by atoms with E-state index in [1.54, 1.807) is 11.8 Å². The van der Waals surface area contributed by atoms with Gasteiger partial charge in [0.05, 0.1) is 12.4 Å². The number of hydrogen-bond donors (Lipinski definition) is 1. The van der Waals surface area contributed by atoms with E-state index in [9.17, 15) is 9.90 Å². The van der Waals surface area contributed by atoms with Gasteiger partial charge in [0.1, 0.15) is 0 Å². The van der Waals surface area contributed by atoms with Crippen LogP contribution in [0.15, 0.2) is 29.2 Å². The predicted molar refractivity (Wildman–Crippen MR) is 103 cm³/mol. The molecule has 4 nitrogen and oxygen atoms in total. The molecule has 1 aromatic rings. The molecule has 0 bridgehead atoms. The molecule has 2 saturated heterocycles. The Bertz CT molecular complexity index is 567. The first-order chi connectivity index (χ1) is 12.1. The molecule has 0 radical (unpaired) electrons. The van der Waals surface area contributed by atoms with Crippen molar-refractivity contribution < 1.29 is 9.90 Å². The number of hydrogen-bond acceptors (Lipinski definition) is 4. The lowest BCUT2D eigenvalue weighted by Crippen LogP contribution is -2.49. The Balaban J connectivity index is 1.46. The fourth-order valence-corrected chi connectivity index (χ4v) is 4.71. The quantitative estimate of drug-likeness (QED) is 0.767. The van der Waals surface area contributed by atoms with Crippen molar-refractivity contribution in [1.82, 2.24) is 9.80 Å². The molecule has 0 aromatic heterocycles. The number of benzene rings is 1. The van der Waals surface area contributed by atoms with Crippen LogP contribution in [0.25, 0.3) is 0 Å². The van der Waals surface area contributed by atoms with E-state index in [-0.39, 0.29) is 17.9 Å². The summed E-state index contributed by atoms with van der Waals surface area (Å²) in [5.74, 6) is 0.646. The van der Waals surface area contributed by atoms with Crippen LogP contribution in [0, 0.1) is 5.41 Å². The van der Waals surface area contributed by atoms with Crippen molar-refractivity contribution in [1.29, 1.82) is 0 Å². The van der Waals surface area contributed by atoms with Gasteiger partial charge in [0.2, 0.25) is 5.91 Å². The van der Waals surface area contributed by atoms with E-state index in [2.05, 4.69) is 4.90 Å². The Kier molecular flexibility index (Phi) is 6.67. The van der Waals surface area contributed by atoms with Crippen LogP contribution in [0.4, 0.5) is 0 Å². The average molecular weight is 383 g/mol. The largest absolute Gasteiger partial charge is 0.396 e. The second-order valence-electron chi connectivity index (χ2n) is 7.26. The fourth-order valence-electron chi connectivity index (χ4n) is 3.78.